The van der Waals surface area contributed by atoms with Crippen LogP contribution in [-0.2, 0) is 0 Å². The molecule has 2 fully saturated rings. The molecule has 4 heteroatoms. The number of aryl methyl sites for hydroxylation is 2. The average Bonchev–Trinajstić information content (AvgIpc) is 2.53. The van der Waals surface area contributed by atoms with E-state index in [4.69, 9.17) is 0 Å². The van der Waals surface area contributed by atoms with E-state index in [1.807, 2.05) is 0 Å². The molecule has 3 rings (SSSR count). The van der Waals surface area contributed by atoms with Crippen molar-refractivity contribution >= 4 is 24.8 Å². The molecule has 0 radical (unpaired) electrons. The van der Waals surface area contributed by atoms with Crippen molar-refractivity contribution in [3.63, 3.8) is 0 Å². The van der Waals surface area contributed by atoms with Crippen LogP contribution in [0.4, 0.5) is 0 Å². The van der Waals surface area contributed by atoms with Crippen LogP contribution in [0.3, 0.4) is 0 Å². The lowest BCUT2D eigenvalue weighted by molar-refractivity contribution is 0.103. The first-order chi connectivity index (χ1) is 10.3. The number of hydrogen-bond acceptors (Lipinski definition) is 2. The molecular formula is C19H32Cl2N2. The molecule has 1 aromatic carbocycles. The maximum absolute atomic E-state index is 3.51. The van der Waals surface area contributed by atoms with Crippen molar-refractivity contribution in [3.05, 3.63) is 34.9 Å². The van der Waals surface area contributed by atoms with Gasteiger partial charge >= 0.3 is 0 Å². The molecule has 0 spiro atoms. The van der Waals surface area contributed by atoms with Crippen molar-refractivity contribution < 1.29 is 0 Å². The summed E-state index contributed by atoms with van der Waals surface area (Å²) in [5.74, 6) is 0.859. The molecule has 1 aromatic rings. The van der Waals surface area contributed by atoms with Crippen molar-refractivity contribution in [2.24, 2.45) is 5.92 Å². The fraction of sp³-hybridized carbons (Fsp3) is 0.684. The number of piperazine rings is 1. The van der Waals surface area contributed by atoms with Gasteiger partial charge in [-0.05, 0) is 43.7 Å². The van der Waals surface area contributed by atoms with E-state index in [0.29, 0.717) is 6.04 Å². The second-order valence-electron chi connectivity index (χ2n) is 6.99. The molecule has 1 atom stereocenters. The van der Waals surface area contributed by atoms with E-state index in [1.54, 1.807) is 5.56 Å². The number of hydrogen-bond donors (Lipinski definition) is 1. The minimum atomic E-state index is 0. The normalized spacial score (nSPS) is 21.1. The van der Waals surface area contributed by atoms with Crippen LogP contribution < -0.4 is 5.32 Å². The van der Waals surface area contributed by atoms with Crippen molar-refractivity contribution in [2.75, 3.05) is 26.2 Å². The third-order valence-electron chi connectivity index (χ3n) is 5.39. The molecule has 23 heavy (non-hydrogen) atoms. The molecule has 132 valence electrons. The molecule has 1 aliphatic carbocycles. The minimum Gasteiger partial charge on any atom is -0.314 e. The summed E-state index contributed by atoms with van der Waals surface area (Å²) in [7, 11) is 0. The van der Waals surface area contributed by atoms with Crippen LogP contribution in [0.1, 0.15) is 54.8 Å². The number of rotatable bonds is 3. The van der Waals surface area contributed by atoms with Crippen molar-refractivity contribution in [2.45, 2.75) is 52.0 Å². The summed E-state index contributed by atoms with van der Waals surface area (Å²) >= 11 is 0. The summed E-state index contributed by atoms with van der Waals surface area (Å²) < 4.78 is 0. The van der Waals surface area contributed by atoms with Crippen molar-refractivity contribution in [1.82, 2.24) is 10.2 Å². The molecule has 0 amide bonds. The van der Waals surface area contributed by atoms with Crippen molar-refractivity contribution in [3.8, 4) is 0 Å². The van der Waals surface area contributed by atoms with Gasteiger partial charge in [-0.15, -0.1) is 24.8 Å². The summed E-state index contributed by atoms with van der Waals surface area (Å²) in [6, 6.07) is 7.68. The first-order valence-corrected chi connectivity index (χ1v) is 8.77. The summed E-state index contributed by atoms with van der Waals surface area (Å²) in [6.07, 6.45) is 7.14. The number of benzene rings is 1. The van der Waals surface area contributed by atoms with Gasteiger partial charge in [0.25, 0.3) is 0 Å². The van der Waals surface area contributed by atoms with Gasteiger partial charge in [0.15, 0.2) is 0 Å². The van der Waals surface area contributed by atoms with Crippen LogP contribution in [0.2, 0.25) is 0 Å². The Balaban J connectivity index is 0.00000132. The first kappa shape index (κ1) is 20.8. The highest BCUT2D eigenvalue weighted by Crippen LogP contribution is 2.39. The van der Waals surface area contributed by atoms with Gasteiger partial charge in [0.05, 0.1) is 0 Å². The molecule has 1 heterocycles. The van der Waals surface area contributed by atoms with Crippen LogP contribution >= 0.6 is 24.8 Å². The second kappa shape index (κ2) is 9.88. The topological polar surface area (TPSA) is 15.3 Å². The summed E-state index contributed by atoms with van der Waals surface area (Å²) in [4.78, 5) is 2.76. The Kier molecular flexibility index (Phi) is 8.92. The predicted octanol–water partition coefficient (Wildman–Crippen LogP) is 4.67. The zero-order valence-corrected chi connectivity index (χ0v) is 16.1. The Labute approximate surface area is 154 Å². The maximum atomic E-state index is 3.51. The molecule has 1 saturated heterocycles. The molecule has 1 saturated carbocycles. The Morgan fingerprint density at radius 1 is 1.00 bits per heavy atom. The third-order valence-corrected chi connectivity index (χ3v) is 5.39. The van der Waals surface area contributed by atoms with Crippen LogP contribution in [-0.4, -0.2) is 31.1 Å². The van der Waals surface area contributed by atoms with E-state index < -0.39 is 0 Å². The number of halogens is 2. The zero-order valence-electron chi connectivity index (χ0n) is 14.5. The SMILES string of the molecule is Cc1ccc(C)c([C@@H](C2CCCCC2)N2CCNCC2)c1.Cl.Cl. The summed E-state index contributed by atoms with van der Waals surface area (Å²) in [5, 5.41) is 3.51. The fourth-order valence-corrected chi connectivity index (χ4v) is 4.24. The second-order valence-corrected chi connectivity index (χ2v) is 6.99. The summed E-state index contributed by atoms with van der Waals surface area (Å²) in [5.41, 5.74) is 4.49. The average molecular weight is 359 g/mol. The van der Waals surface area contributed by atoms with Gasteiger partial charge in [0.1, 0.15) is 0 Å². The monoisotopic (exact) mass is 358 g/mol. The molecule has 0 unspecified atom stereocenters. The Hall–Kier alpha value is -0.280. The number of nitrogens with zero attached hydrogens (tertiary/aromatic N) is 1. The third kappa shape index (κ3) is 5.09. The van der Waals surface area contributed by atoms with Crippen LogP contribution in [0, 0.1) is 19.8 Å². The Morgan fingerprint density at radius 3 is 2.30 bits per heavy atom. The molecular weight excluding hydrogens is 327 g/mol. The Morgan fingerprint density at radius 2 is 1.65 bits per heavy atom. The van der Waals surface area contributed by atoms with Crippen LogP contribution in [0.25, 0.3) is 0 Å². The van der Waals surface area contributed by atoms with Crippen molar-refractivity contribution in [1.29, 1.82) is 0 Å². The first-order valence-electron chi connectivity index (χ1n) is 8.77. The van der Waals surface area contributed by atoms with E-state index >= 15 is 0 Å². The van der Waals surface area contributed by atoms with E-state index in [0.717, 1.165) is 19.0 Å². The van der Waals surface area contributed by atoms with E-state index in [1.165, 1.54) is 56.3 Å². The van der Waals surface area contributed by atoms with Crippen LogP contribution in [0.15, 0.2) is 18.2 Å². The lowest BCUT2D eigenvalue weighted by atomic mass is 9.79. The molecule has 0 aromatic heterocycles. The highest BCUT2D eigenvalue weighted by molar-refractivity contribution is 5.85. The summed E-state index contributed by atoms with van der Waals surface area (Å²) in [6.45, 7) is 9.23. The highest BCUT2D eigenvalue weighted by atomic mass is 35.5. The standard InChI is InChI=1S/C19H30N2.2ClH/c1-15-8-9-16(2)18(14-15)19(17-6-4-3-5-7-17)21-12-10-20-11-13-21;;/h8-9,14,17,19-20H,3-7,10-13H2,1-2H3;2*1H/t19-;;/m1../s1. The lowest BCUT2D eigenvalue weighted by Gasteiger charge is -2.42. The van der Waals surface area contributed by atoms with Gasteiger partial charge < -0.3 is 5.32 Å². The number of nitrogens with one attached hydrogen (secondary N) is 1. The fourth-order valence-electron chi connectivity index (χ4n) is 4.24. The van der Waals surface area contributed by atoms with Gasteiger partial charge in [0.2, 0.25) is 0 Å². The van der Waals surface area contributed by atoms with E-state index in [2.05, 4.69) is 42.3 Å². The van der Waals surface area contributed by atoms with E-state index in [-0.39, 0.29) is 24.8 Å². The molecule has 2 nitrogen and oxygen atoms in total. The van der Waals surface area contributed by atoms with Gasteiger partial charge in [0, 0.05) is 32.2 Å². The van der Waals surface area contributed by atoms with Gasteiger partial charge in [-0.3, -0.25) is 4.90 Å². The Bertz CT molecular complexity index is 448. The molecule has 0 bridgehead atoms. The molecule has 1 aliphatic heterocycles. The molecule has 2 aliphatic rings. The minimum absolute atomic E-state index is 0. The quantitative estimate of drug-likeness (QED) is 0.843. The molecule has 1 N–H and O–H groups in total. The highest BCUT2D eigenvalue weighted by Gasteiger charge is 2.31. The van der Waals surface area contributed by atoms with Gasteiger partial charge in [-0.1, -0.05) is 43.0 Å². The lowest BCUT2D eigenvalue weighted by Crippen LogP contribution is -2.47. The van der Waals surface area contributed by atoms with Crippen LogP contribution in [0.5, 0.6) is 0 Å². The van der Waals surface area contributed by atoms with Gasteiger partial charge in [-0.2, -0.15) is 0 Å². The van der Waals surface area contributed by atoms with Gasteiger partial charge in [-0.25, -0.2) is 0 Å². The maximum Gasteiger partial charge on any atom is 0.0380 e. The zero-order chi connectivity index (χ0) is 14.7. The van der Waals surface area contributed by atoms with E-state index in [9.17, 15) is 0 Å². The smallest absolute Gasteiger partial charge is 0.0380 e. The predicted molar refractivity (Wildman–Crippen MR) is 104 cm³/mol. The largest absolute Gasteiger partial charge is 0.314 e.